The number of carbonyl (C=O) groups is 1. The topological polar surface area (TPSA) is 59.3 Å². The van der Waals surface area contributed by atoms with Gasteiger partial charge in [0.2, 0.25) is 10.1 Å². The minimum Gasteiger partial charge on any atom is -0.355 e. The van der Waals surface area contributed by atoms with Crippen LogP contribution >= 0.6 is 22.7 Å². The Bertz CT molecular complexity index is 969. The van der Waals surface area contributed by atoms with Gasteiger partial charge < -0.3 is 5.32 Å². The summed E-state index contributed by atoms with van der Waals surface area (Å²) in [5.41, 5.74) is 2.44. The van der Waals surface area contributed by atoms with Crippen LogP contribution in [0.1, 0.15) is 22.2 Å². The number of anilines is 1. The lowest BCUT2D eigenvalue weighted by atomic mass is 10.1. The fourth-order valence-electron chi connectivity index (χ4n) is 2.38. The highest BCUT2D eigenvalue weighted by Crippen LogP contribution is 2.25. The molecule has 0 atom stereocenters. The Morgan fingerprint density at radius 3 is 2.96 bits per heavy atom. The number of benzene rings is 1. The minimum atomic E-state index is 0.0519. The molecule has 4 rings (SSSR count). The van der Waals surface area contributed by atoms with Gasteiger partial charge in [0, 0.05) is 16.0 Å². The minimum absolute atomic E-state index is 0.0519. The van der Waals surface area contributed by atoms with Gasteiger partial charge >= 0.3 is 0 Å². The third-order valence-electron chi connectivity index (χ3n) is 3.60. The van der Waals surface area contributed by atoms with E-state index >= 15 is 0 Å². The molecule has 0 bridgehead atoms. The summed E-state index contributed by atoms with van der Waals surface area (Å²) in [5.74, 6) is 0.0519. The van der Waals surface area contributed by atoms with Gasteiger partial charge in [-0.25, -0.2) is 9.50 Å². The van der Waals surface area contributed by atoms with Gasteiger partial charge in [-0.15, -0.1) is 16.4 Å². The maximum absolute atomic E-state index is 11.5. The van der Waals surface area contributed by atoms with Gasteiger partial charge in [-0.05, 0) is 24.4 Å². The predicted molar refractivity (Wildman–Crippen MR) is 98.0 cm³/mol. The number of carbonyl (C=O) groups excluding carboxylic acids is 1. The van der Waals surface area contributed by atoms with Gasteiger partial charge in [0.25, 0.3) is 0 Å². The molecule has 0 aliphatic carbocycles. The Kier molecular flexibility index (Phi) is 3.87. The van der Waals surface area contributed by atoms with Gasteiger partial charge in [-0.2, -0.15) is 0 Å². The summed E-state index contributed by atoms with van der Waals surface area (Å²) < 4.78 is 1.77. The van der Waals surface area contributed by atoms with Crippen LogP contribution in [0.5, 0.6) is 0 Å². The smallest absolute Gasteiger partial charge is 0.214 e. The fourth-order valence-corrected chi connectivity index (χ4v) is 3.81. The standard InChI is InChI=1S/C17H14N4OS2/c1-11(22)12-4-2-5-13(8-12)15-10-21-17(19-15)24-16(20-21)18-9-14-6-3-7-23-14/h2-8,10H,9H2,1H3,(H,18,20). The molecule has 0 spiro atoms. The van der Waals surface area contributed by atoms with Gasteiger partial charge in [0.05, 0.1) is 18.4 Å². The van der Waals surface area contributed by atoms with Crippen LogP contribution in [-0.2, 0) is 6.54 Å². The molecule has 0 aliphatic heterocycles. The second-order valence-electron chi connectivity index (χ2n) is 5.33. The van der Waals surface area contributed by atoms with E-state index in [0.29, 0.717) is 5.56 Å². The first-order valence-corrected chi connectivity index (χ1v) is 9.12. The summed E-state index contributed by atoms with van der Waals surface area (Å²) in [7, 11) is 0. The zero-order chi connectivity index (χ0) is 16.5. The lowest BCUT2D eigenvalue weighted by molar-refractivity contribution is 0.101. The molecule has 0 radical (unpaired) electrons. The Morgan fingerprint density at radius 1 is 1.29 bits per heavy atom. The molecule has 1 aromatic carbocycles. The molecule has 0 fully saturated rings. The molecule has 0 saturated heterocycles. The average molecular weight is 354 g/mol. The Hall–Kier alpha value is -2.51. The number of ketones is 1. The molecule has 0 unspecified atom stereocenters. The number of Topliss-reactive ketones (excluding diaryl/α,β-unsaturated/α-hetero) is 1. The lowest BCUT2D eigenvalue weighted by Crippen LogP contribution is -1.97. The SMILES string of the molecule is CC(=O)c1cccc(-c2cn3nc(NCc4cccs4)sc3n2)c1. The van der Waals surface area contributed by atoms with Crippen LogP contribution in [0.4, 0.5) is 5.13 Å². The number of rotatable bonds is 5. The van der Waals surface area contributed by atoms with Crippen LogP contribution in [0.15, 0.2) is 48.0 Å². The van der Waals surface area contributed by atoms with Crippen molar-refractivity contribution in [2.75, 3.05) is 5.32 Å². The molecule has 24 heavy (non-hydrogen) atoms. The van der Waals surface area contributed by atoms with Crippen molar-refractivity contribution < 1.29 is 4.79 Å². The molecule has 0 saturated carbocycles. The largest absolute Gasteiger partial charge is 0.355 e. The predicted octanol–water partition coefficient (Wildman–Crippen LogP) is 4.33. The van der Waals surface area contributed by atoms with Crippen molar-refractivity contribution in [3.8, 4) is 11.3 Å². The average Bonchev–Trinajstić information content (AvgIpc) is 3.29. The summed E-state index contributed by atoms with van der Waals surface area (Å²) in [6, 6.07) is 11.6. The van der Waals surface area contributed by atoms with Crippen LogP contribution in [0, 0.1) is 0 Å². The second-order valence-corrected chi connectivity index (χ2v) is 7.32. The molecule has 0 aliphatic rings. The van der Waals surface area contributed by atoms with Crippen LogP contribution in [-0.4, -0.2) is 20.4 Å². The highest BCUT2D eigenvalue weighted by molar-refractivity contribution is 7.20. The van der Waals surface area contributed by atoms with Crippen molar-refractivity contribution in [2.45, 2.75) is 13.5 Å². The highest BCUT2D eigenvalue weighted by Gasteiger charge is 2.11. The summed E-state index contributed by atoms with van der Waals surface area (Å²) in [6.07, 6.45) is 1.89. The number of hydrogen-bond donors (Lipinski definition) is 1. The quantitative estimate of drug-likeness (QED) is 0.542. The maximum atomic E-state index is 11.5. The number of aromatic nitrogens is 3. The summed E-state index contributed by atoms with van der Waals surface area (Å²) in [4.78, 5) is 18.2. The Balaban J connectivity index is 1.57. The molecular weight excluding hydrogens is 340 g/mol. The van der Waals surface area contributed by atoms with Crippen molar-refractivity contribution in [1.29, 1.82) is 0 Å². The number of thiophene rings is 1. The second kappa shape index (κ2) is 6.18. The van der Waals surface area contributed by atoms with Gasteiger partial charge in [-0.1, -0.05) is 35.6 Å². The first kappa shape index (κ1) is 15.0. The van der Waals surface area contributed by atoms with E-state index in [1.165, 1.54) is 16.2 Å². The molecule has 1 N–H and O–H groups in total. The van der Waals surface area contributed by atoms with Crippen LogP contribution in [0.3, 0.4) is 0 Å². The van der Waals surface area contributed by atoms with Crippen LogP contribution in [0.2, 0.25) is 0 Å². The Labute approximate surface area is 146 Å². The van der Waals surface area contributed by atoms with E-state index in [9.17, 15) is 4.79 Å². The first-order valence-electron chi connectivity index (χ1n) is 7.43. The van der Waals surface area contributed by atoms with E-state index in [1.54, 1.807) is 22.8 Å². The highest BCUT2D eigenvalue weighted by atomic mass is 32.1. The van der Waals surface area contributed by atoms with Crippen LogP contribution in [0.25, 0.3) is 16.2 Å². The molecule has 3 aromatic heterocycles. The van der Waals surface area contributed by atoms with Crippen molar-refractivity contribution >= 4 is 38.5 Å². The van der Waals surface area contributed by atoms with Gasteiger partial charge in [-0.3, -0.25) is 4.79 Å². The van der Waals surface area contributed by atoms with Crippen LogP contribution < -0.4 is 5.32 Å². The monoisotopic (exact) mass is 354 g/mol. The molecule has 120 valence electrons. The molecule has 5 nitrogen and oxygen atoms in total. The summed E-state index contributed by atoms with van der Waals surface area (Å²) in [5, 5.41) is 10.7. The number of nitrogens with zero attached hydrogens (tertiary/aromatic N) is 3. The third-order valence-corrected chi connectivity index (χ3v) is 5.36. The summed E-state index contributed by atoms with van der Waals surface area (Å²) >= 11 is 3.23. The van der Waals surface area contributed by atoms with E-state index < -0.39 is 0 Å². The van der Waals surface area contributed by atoms with Crippen molar-refractivity contribution in [3.63, 3.8) is 0 Å². The summed E-state index contributed by atoms with van der Waals surface area (Å²) in [6.45, 7) is 2.33. The molecule has 4 aromatic rings. The molecule has 3 heterocycles. The zero-order valence-corrected chi connectivity index (χ0v) is 14.5. The van der Waals surface area contributed by atoms with E-state index in [1.807, 2.05) is 36.5 Å². The van der Waals surface area contributed by atoms with Crippen molar-refractivity contribution in [2.24, 2.45) is 0 Å². The van der Waals surface area contributed by atoms with E-state index in [0.717, 1.165) is 27.9 Å². The van der Waals surface area contributed by atoms with Gasteiger partial charge in [0.1, 0.15) is 0 Å². The Morgan fingerprint density at radius 2 is 2.21 bits per heavy atom. The van der Waals surface area contributed by atoms with Crippen molar-refractivity contribution in [3.05, 3.63) is 58.4 Å². The zero-order valence-electron chi connectivity index (χ0n) is 12.9. The maximum Gasteiger partial charge on any atom is 0.214 e. The van der Waals surface area contributed by atoms with E-state index in [-0.39, 0.29) is 5.78 Å². The number of hydrogen-bond acceptors (Lipinski definition) is 6. The van der Waals surface area contributed by atoms with E-state index in [4.69, 9.17) is 0 Å². The number of imidazole rings is 1. The van der Waals surface area contributed by atoms with E-state index in [2.05, 4.69) is 26.8 Å². The molecular formula is C17H14N4OS2. The fraction of sp³-hybridized carbons (Fsp3) is 0.118. The molecule has 7 heteroatoms. The lowest BCUT2D eigenvalue weighted by Gasteiger charge is -1.99. The van der Waals surface area contributed by atoms with Gasteiger partial charge in [0.15, 0.2) is 5.78 Å². The number of nitrogens with one attached hydrogen (secondary N) is 1. The third kappa shape index (κ3) is 2.95. The van der Waals surface area contributed by atoms with Crippen molar-refractivity contribution in [1.82, 2.24) is 14.6 Å². The number of fused-ring (bicyclic) bond motifs is 1. The first-order chi connectivity index (χ1) is 11.7. The molecule has 0 amide bonds. The normalized spacial score (nSPS) is 11.0.